The lowest BCUT2D eigenvalue weighted by Gasteiger charge is -2.80. The Balaban J connectivity index is 1.28. The minimum atomic E-state index is -1.84. The van der Waals surface area contributed by atoms with Crippen molar-refractivity contribution in [3.05, 3.63) is 71.8 Å². The van der Waals surface area contributed by atoms with Crippen LogP contribution in [0.15, 0.2) is 60.7 Å². The molecule has 2 saturated heterocycles. The first-order valence-corrected chi connectivity index (χ1v) is 16.6. The van der Waals surface area contributed by atoms with Crippen molar-refractivity contribution in [1.29, 1.82) is 0 Å². The molecule has 0 bridgehead atoms. The second-order valence-electron chi connectivity index (χ2n) is 12.2. The Labute approximate surface area is 252 Å². The smallest absolute Gasteiger partial charge is 0.458 e. The van der Waals surface area contributed by atoms with Gasteiger partial charge in [-0.2, -0.15) is 11.8 Å². The van der Waals surface area contributed by atoms with Crippen molar-refractivity contribution >= 4 is 29.8 Å². The predicted octanol–water partition coefficient (Wildman–Crippen LogP) is 4.80. The van der Waals surface area contributed by atoms with Crippen LogP contribution in [0.3, 0.4) is 0 Å². The number of rotatable bonds is 11. The van der Waals surface area contributed by atoms with Crippen LogP contribution in [0, 0.1) is 5.41 Å². The maximum absolute atomic E-state index is 14.5. The Morgan fingerprint density at radius 2 is 1.67 bits per heavy atom. The van der Waals surface area contributed by atoms with E-state index in [1.165, 1.54) is 48.6 Å². The molecule has 4 aliphatic rings. The van der Waals surface area contributed by atoms with E-state index in [4.69, 9.17) is 14.2 Å². The topological polar surface area (TPSA) is 90.9 Å². The Morgan fingerprint density at radius 1 is 1.02 bits per heavy atom. The number of carbonyl (C=O) groups excluding carboxylic acids is 3. The van der Waals surface area contributed by atoms with E-state index in [1.54, 1.807) is 31.3 Å². The molecule has 2 spiro atoms. The summed E-state index contributed by atoms with van der Waals surface area (Å²) in [4.78, 5) is 39.9. The molecule has 1 amide bonds. The molecule has 4 unspecified atom stereocenters. The van der Waals surface area contributed by atoms with Crippen molar-refractivity contribution in [2.45, 2.75) is 74.8 Å². The maximum atomic E-state index is 14.5. The van der Waals surface area contributed by atoms with Gasteiger partial charge in [0.05, 0.1) is 13.1 Å². The fraction of sp³-hybridized carbons (Fsp3) is 0.545. The van der Waals surface area contributed by atoms with Gasteiger partial charge in [0, 0.05) is 56.0 Å². The first-order valence-electron chi connectivity index (χ1n) is 15.2. The number of piperidine rings is 2. The van der Waals surface area contributed by atoms with Crippen LogP contribution in [0.5, 0.6) is 0 Å². The Kier molecular flexibility index (Phi) is 8.00. The Morgan fingerprint density at radius 3 is 2.19 bits per heavy atom. The molecule has 0 radical (unpaired) electrons. The molecule has 9 heteroatoms. The van der Waals surface area contributed by atoms with E-state index in [-0.39, 0.29) is 23.8 Å². The standard InChI is InChI=1S/C33H40N2O6S/c1-34-29(36)16-15-25(22-42-2)39-31(38)41-33(23-11-5-3-6-12-23,24-13-7-4-8-14-24)30(37)40-28-21-27-32(28)18-17-26(32)35(27)19-9-10-20-35/h3-8,11-14,25-28H,9-10,15-22H2,1-2H3/p+1/t25-,26?,27?,28?,32?/m0/s1. The highest BCUT2D eigenvalue weighted by atomic mass is 32.2. The molecular formula is C33H41N2O6S+. The number of nitrogens with zero attached hydrogens (tertiary/aromatic N) is 1. The minimum Gasteiger partial charge on any atom is -0.458 e. The lowest BCUT2D eigenvalue weighted by molar-refractivity contribution is -1.05. The average molecular weight is 594 g/mol. The molecule has 2 aromatic carbocycles. The van der Waals surface area contributed by atoms with Crippen LogP contribution in [-0.4, -0.2) is 79.0 Å². The number of quaternary nitrogens is 1. The molecule has 2 aromatic rings. The van der Waals surface area contributed by atoms with E-state index in [2.05, 4.69) is 5.32 Å². The number of benzene rings is 2. The molecule has 2 saturated carbocycles. The molecule has 42 heavy (non-hydrogen) atoms. The number of nitrogens with one attached hydrogen (secondary N) is 1. The summed E-state index contributed by atoms with van der Waals surface area (Å²) in [6, 6.07) is 19.3. The Hall–Kier alpha value is -3.04. The second-order valence-corrected chi connectivity index (χ2v) is 13.2. The van der Waals surface area contributed by atoms with Crippen molar-refractivity contribution in [3.63, 3.8) is 0 Å². The molecule has 8 nitrogen and oxygen atoms in total. The monoisotopic (exact) mass is 593 g/mol. The normalized spacial score (nSPS) is 27.2. The van der Waals surface area contributed by atoms with Crippen molar-refractivity contribution in [2.75, 3.05) is 32.1 Å². The molecule has 4 fully saturated rings. The fourth-order valence-corrected chi connectivity index (χ4v) is 9.12. The summed E-state index contributed by atoms with van der Waals surface area (Å²) in [5, 5.41) is 2.60. The minimum absolute atomic E-state index is 0.0723. The number of esters is 1. The summed E-state index contributed by atoms with van der Waals surface area (Å²) in [5.74, 6) is -0.230. The third-order valence-corrected chi connectivity index (χ3v) is 11.2. The summed E-state index contributed by atoms with van der Waals surface area (Å²) in [7, 11) is 1.58. The first kappa shape index (κ1) is 29.1. The van der Waals surface area contributed by atoms with Crippen LogP contribution < -0.4 is 5.32 Å². The van der Waals surface area contributed by atoms with Crippen LogP contribution >= 0.6 is 11.8 Å². The third-order valence-electron chi connectivity index (χ3n) is 10.5. The summed E-state index contributed by atoms with van der Waals surface area (Å²) < 4.78 is 19.6. The van der Waals surface area contributed by atoms with Gasteiger partial charge >= 0.3 is 12.1 Å². The van der Waals surface area contributed by atoms with Gasteiger partial charge in [0.25, 0.3) is 5.60 Å². The highest BCUT2D eigenvalue weighted by molar-refractivity contribution is 7.98. The number of thioether (sulfide) groups is 1. The summed E-state index contributed by atoms with van der Waals surface area (Å²) >= 11 is 1.51. The van der Waals surface area contributed by atoms with Gasteiger partial charge in [-0.15, -0.1) is 0 Å². The first-order chi connectivity index (χ1) is 20.4. The van der Waals surface area contributed by atoms with E-state index >= 15 is 0 Å². The molecular weight excluding hydrogens is 552 g/mol. The number of hydrogen-bond donors (Lipinski definition) is 1. The molecule has 2 heterocycles. The summed E-state index contributed by atoms with van der Waals surface area (Å²) in [6.07, 6.45) is 6.49. The maximum Gasteiger partial charge on any atom is 0.510 e. The van der Waals surface area contributed by atoms with Gasteiger partial charge in [-0.05, 0) is 19.1 Å². The van der Waals surface area contributed by atoms with Crippen molar-refractivity contribution in [1.82, 2.24) is 5.32 Å². The summed E-state index contributed by atoms with van der Waals surface area (Å²) in [6.45, 7) is 2.50. The van der Waals surface area contributed by atoms with Crippen LogP contribution in [0.1, 0.15) is 56.1 Å². The molecule has 1 N–H and O–H groups in total. The van der Waals surface area contributed by atoms with Crippen molar-refractivity contribution in [2.24, 2.45) is 5.41 Å². The number of fused-ring (bicyclic) bond motifs is 2. The van der Waals surface area contributed by atoms with E-state index < -0.39 is 23.8 Å². The van der Waals surface area contributed by atoms with Gasteiger partial charge in [-0.1, -0.05) is 60.7 Å². The van der Waals surface area contributed by atoms with E-state index in [1.807, 2.05) is 42.7 Å². The quantitative estimate of drug-likeness (QED) is 0.296. The van der Waals surface area contributed by atoms with Gasteiger partial charge < -0.3 is 24.0 Å². The predicted molar refractivity (Wildman–Crippen MR) is 160 cm³/mol. The van der Waals surface area contributed by atoms with Gasteiger partial charge in [0.2, 0.25) is 5.91 Å². The van der Waals surface area contributed by atoms with Crippen LogP contribution in [0.2, 0.25) is 0 Å². The van der Waals surface area contributed by atoms with Crippen LogP contribution in [0.4, 0.5) is 4.79 Å². The van der Waals surface area contributed by atoms with E-state index in [9.17, 15) is 14.4 Å². The lowest BCUT2D eigenvalue weighted by atomic mass is 9.39. The van der Waals surface area contributed by atoms with Crippen molar-refractivity contribution in [3.8, 4) is 0 Å². The zero-order chi connectivity index (χ0) is 29.4. The fourth-order valence-electron chi connectivity index (χ4n) is 8.52. The average Bonchev–Trinajstić information content (AvgIpc) is 3.46. The van der Waals surface area contributed by atoms with Crippen LogP contribution in [0.25, 0.3) is 0 Å². The lowest BCUT2D eigenvalue weighted by Crippen LogP contribution is -2.94. The molecule has 224 valence electrons. The van der Waals surface area contributed by atoms with Gasteiger partial charge in [0.15, 0.2) is 0 Å². The number of hydrogen-bond acceptors (Lipinski definition) is 7. The largest absolute Gasteiger partial charge is 0.510 e. The number of amides is 1. The molecule has 5 atom stereocenters. The summed E-state index contributed by atoms with van der Waals surface area (Å²) in [5.41, 5.74) is -0.766. The highest BCUT2D eigenvalue weighted by Gasteiger charge is 2.86. The van der Waals surface area contributed by atoms with E-state index in [0.717, 1.165) is 12.8 Å². The second kappa shape index (κ2) is 11.6. The third kappa shape index (κ3) is 4.51. The van der Waals surface area contributed by atoms with Crippen LogP contribution in [-0.2, 0) is 29.4 Å². The van der Waals surface area contributed by atoms with Gasteiger partial charge in [-0.3, -0.25) is 4.79 Å². The molecule has 2 aliphatic carbocycles. The zero-order valence-electron chi connectivity index (χ0n) is 24.5. The SMILES string of the molecule is CNC(=O)CC[C@@H](CSC)OC(=O)OC(C(=O)OC1CC2C13CCC3[N+]21CCCC1)(c1ccccc1)c1ccccc1. The number of ether oxygens (including phenoxy) is 3. The van der Waals surface area contributed by atoms with Gasteiger partial charge in [-0.25, -0.2) is 9.59 Å². The Bertz CT molecular complexity index is 1250. The number of carbonyl (C=O) groups is 3. The molecule has 2 aliphatic heterocycles. The highest BCUT2D eigenvalue weighted by Crippen LogP contribution is 2.73. The molecule has 6 rings (SSSR count). The van der Waals surface area contributed by atoms with E-state index in [0.29, 0.717) is 35.4 Å². The zero-order valence-corrected chi connectivity index (χ0v) is 25.3. The molecule has 0 aromatic heterocycles. The van der Waals surface area contributed by atoms with Gasteiger partial charge in [0.1, 0.15) is 29.7 Å². The van der Waals surface area contributed by atoms with Crippen molar-refractivity contribution < 1.29 is 33.1 Å².